The summed E-state index contributed by atoms with van der Waals surface area (Å²) < 4.78 is 25.8. The molecule has 0 radical (unpaired) electrons. The average Bonchev–Trinajstić information content (AvgIpc) is 2.55. The lowest BCUT2D eigenvalue weighted by Gasteiger charge is -2.34. The molecule has 6 heteroatoms. The van der Waals surface area contributed by atoms with Gasteiger partial charge in [-0.25, -0.2) is 4.79 Å². The van der Waals surface area contributed by atoms with Crippen LogP contribution < -0.4 is 9.47 Å². The lowest BCUT2D eigenvalue weighted by Crippen LogP contribution is -2.30. The topological polar surface area (TPSA) is 55.8 Å². The van der Waals surface area contributed by atoms with Crippen LogP contribution >= 0.6 is 11.6 Å². The molecule has 0 bridgehead atoms. The van der Waals surface area contributed by atoms with Crippen molar-refractivity contribution in [1.82, 2.24) is 0 Å². The third kappa shape index (κ3) is 3.73. The molecular formula is C20H24ClFO4. The summed E-state index contributed by atoms with van der Waals surface area (Å²) in [5, 5.41) is 9.23. The van der Waals surface area contributed by atoms with Crippen molar-refractivity contribution in [3.8, 4) is 11.5 Å². The third-order valence-corrected chi connectivity index (χ3v) is 4.53. The highest BCUT2D eigenvalue weighted by Gasteiger charge is 2.33. The zero-order valence-corrected chi connectivity index (χ0v) is 16.6. The maximum Gasteiger partial charge on any atom is 0.365 e. The lowest BCUT2D eigenvalue weighted by molar-refractivity contribution is -0.134. The van der Waals surface area contributed by atoms with E-state index in [4.69, 9.17) is 26.2 Å². The SMILES string of the molecule is CCOc1c(/C(C)=C(/F)C(=O)O)cc2c(c1Cl)OC(C)(C)C=C2C(C)C. The fourth-order valence-electron chi connectivity index (χ4n) is 2.99. The van der Waals surface area contributed by atoms with Crippen LogP contribution in [0.1, 0.15) is 52.7 Å². The highest BCUT2D eigenvalue weighted by atomic mass is 35.5. The molecule has 0 fully saturated rings. The Bertz CT molecular complexity index is 807. The van der Waals surface area contributed by atoms with Gasteiger partial charge in [0.25, 0.3) is 0 Å². The molecule has 1 aromatic carbocycles. The van der Waals surface area contributed by atoms with Crippen molar-refractivity contribution in [2.75, 3.05) is 6.61 Å². The van der Waals surface area contributed by atoms with Crippen molar-refractivity contribution in [2.45, 2.75) is 47.1 Å². The Hall–Kier alpha value is -2.01. The summed E-state index contributed by atoms with van der Waals surface area (Å²) >= 11 is 6.57. The van der Waals surface area contributed by atoms with E-state index in [-0.39, 0.29) is 22.3 Å². The fraction of sp³-hybridized carbons (Fsp3) is 0.450. The first-order chi connectivity index (χ1) is 12.0. The Morgan fingerprint density at radius 3 is 2.54 bits per heavy atom. The van der Waals surface area contributed by atoms with Crippen LogP contribution in [0.3, 0.4) is 0 Å². The smallest absolute Gasteiger partial charge is 0.365 e. The van der Waals surface area contributed by atoms with Gasteiger partial charge in [-0.3, -0.25) is 0 Å². The molecule has 0 saturated carbocycles. The van der Waals surface area contributed by atoms with Crippen molar-refractivity contribution < 1.29 is 23.8 Å². The summed E-state index contributed by atoms with van der Waals surface area (Å²) in [6.07, 6.45) is 2.01. The van der Waals surface area contributed by atoms with Gasteiger partial charge in [-0.1, -0.05) is 25.4 Å². The minimum absolute atomic E-state index is 0.0430. The molecule has 1 aromatic rings. The lowest BCUT2D eigenvalue weighted by atomic mass is 9.86. The molecule has 1 heterocycles. The summed E-state index contributed by atoms with van der Waals surface area (Å²) in [6.45, 7) is 11.4. The van der Waals surface area contributed by atoms with Crippen molar-refractivity contribution in [2.24, 2.45) is 5.92 Å². The zero-order chi connectivity index (χ0) is 19.8. The quantitative estimate of drug-likeness (QED) is 0.660. The number of hydrogen-bond donors (Lipinski definition) is 1. The number of benzene rings is 1. The number of allylic oxidation sites excluding steroid dienone is 2. The molecule has 0 spiro atoms. The van der Waals surface area contributed by atoms with Gasteiger partial charge in [0.05, 0.1) is 6.61 Å². The zero-order valence-electron chi connectivity index (χ0n) is 15.9. The van der Waals surface area contributed by atoms with Gasteiger partial charge < -0.3 is 14.6 Å². The van der Waals surface area contributed by atoms with E-state index in [1.807, 2.05) is 33.8 Å². The van der Waals surface area contributed by atoms with Crippen LogP contribution in [0.25, 0.3) is 11.1 Å². The van der Waals surface area contributed by atoms with Gasteiger partial charge in [-0.15, -0.1) is 0 Å². The number of fused-ring (bicyclic) bond motifs is 1. The minimum Gasteiger partial charge on any atom is -0.492 e. The highest BCUT2D eigenvalue weighted by molar-refractivity contribution is 6.34. The van der Waals surface area contributed by atoms with Crippen molar-refractivity contribution in [3.05, 3.63) is 34.1 Å². The molecule has 26 heavy (non-hydrogen) atoms. The van der Waals surface area contributed by atoms with Gasteiger partial charge in [0.2, 0.25) is 5.83 Å². The molecule has 4 nitrogen and oxygen atoms in total. The summed E-state index contributed by atoms with van der Waals surface area (Å²) in [4.78, 5) is 11.1. The van der Waals surface area contributed by atoms with Crippen LogP contribution in [0.5, 0.6) is 11.5 Å². The summed E-state index contributed by atoms with van der Waals surface area (Å²) in [7, 11) is 0. The van der Waals surface area contributed by atoms with E-state index in [0.29, 0.717) is 17.9 Å². The van der Waals surface area contributed by atoms with Crippen LogP contribution in [0.4, 0.5) is 4.39 Å². The first-order valence-corrected chi connectivity index (χ1v) is 8.89. The Labute approximate surface area is 158 Å². The number of halogens is 2. The van der Waals surface area contributed by atoms with Gasteiger partial charge in [-0.05, 0) is 51.3 Å². The van der Waals surface area contributed by atoms with E-state index in [1.54, 1.807) is 13.0 Å². The number of aliphatic carboxylic acids is 1. The van der Waals surface area contributed by atoms with E-state index >= 15 is 0 Å². The molecule has 0 amide bonds. The number of ether oxygens (including phenoxy) is 2. The Balaban J connectivity index is 2.85. The van der Waals surface area contributed by atoms with Crippen molar-refractivity contribution in [1.29, 1.82) is 0 Å². The van der Waals surface area contributed by atoms with E-state index in [1.165, 1.54) is 6.92 Å². The normalized spacial score (nSPS) is 16.4. The molecule has 142 valence electrons. The average molecular weight is 383 g/mol. The minimum atomic E-state index is -1.63. The number of carboxylic acids is 1. The molecule has 1 N–H and O–H groups in total. The molecular weight excluding hydrogens is 359 g/mol. The molecule has 0 saturated heterocycles. The van der Waals surface area contributed by atoms with Crippen molar-refractivity contribution in [3.63, 3.8) is 0 Å². The van der Waals surface area contributed by atoms with Gasteiger partial charge in [0.15, 0.2) is 5.75 Å². The highest BCUT2D eigenvalue weighted by Crippen LogP contribution is 2.50. The van der Waals surface area contributed by atoms with Gasteiger partial charge >= 0.3 is 5.97 Å². The molecule has 1 aliphatic rings. The van der Waals surface area contributed by atoms with Gasteiger partial charge in [0, 0.05) is 16.7 Å². The Morgan fingerprint density at radius 2 is 2.04 bits per heavy atom. The number of carboxylic acid groups (broad SMARTS) is 1. The van der Waals surface area contributed by atoms with Crippen LogP contribution in [0, 0.1) is 5.92 Å². The first kappa shape index (κ1) is 20.3. The number of rotatable bonds is 5. The molecule has 1 aliphatic heterocycles. The van der Waals surface area contributed by atoms with E-state index in [0.717, 1.165) is 11.1 Å². The predicted octanol–water partition coefficient (Wildman–Crippen LogP) is 5.73. The molecule has 2 rings (SSSR count). The summed E-state index contributed by atoms with van der Waals surface area (Å²) in [6, 6.07) is 1.70. The van der Waals surface area contributed by atoms with E-state index in [2.05, 4.69) is 0 Å². The van der Waals surface area contributed by atoms with E-state index in [9.17, 15) is 9.18 Å². The molecule has 0 unspecified atom stereocenters. The fourth-order valence-corrected chi connectivity index (χ4v) is 3.29. The number of hydrogen-bond acceptors (Lipinski definition) is 3. The van der Waals surface area contributed by atoms with E-state index < -0.39 is 17.4 Å². The first-order valence-electron chi connectivity index (χ1n) is 8.51. The summed E-state index contributed by atoms with van der Waals surface area (Å²) in [5.74, 6) is -2.00. The Kier molecular flexibility index (Phi) is 5.71. The standard InChI is InChI=1S/C20H24ClFO4/c1-7-25-17-12(11(4)16(22)19(23)24)8-13-14(10(2)3)9-20(5,6)26-18(13)15(17)21/h8-10H,7H2,1-6H3,(H,23,24)/b16-11+. The maximum absolute atomic E-state index is 14.1. The van der Waals surface area contributed by atoms with Gasteiger partial charge in [-0.2, -0.15) is 4.39 Å². The molecule has 0 aromatic heterocycles. The molecule has 0 atom stereocenters. The molecule has 0 aliphatic carbocycles. The largest absolute Gasteiger partial charge is 0.492 e. The second kappa shape index (κ2) is 7.31. The van der Waals surface area contributed by atoms with Crippen LogP contribution in [0.15, 0.2) is 18.0 Å². The monoisotopic (exact) mass is 382 g/mol. The maximum atomic E-state index is 14.1. The second-order valence-electron chi connectivity index (χ2n) is 7.08. The van der Waals surface area contributed by atoms with Crippen molar-refractivity contribution >= 4 is 28.7 Å². The van der Waals surface area contributed by atoms with Crippen LogP contribution in [-0.4, -0.2) is 23.3 Å². The Morgan fingerprint density at radius 1 is 1.42 bits per heavy atom. The third-order valence-electron chi connectivity index (χ3n) is 4.19. The van der Waals surface area contributed by atoms with Crippen LogP contribution in [0.2, 0.25) is 5.02 Å². The number of carbonyl (C=O) groups is 1. The predicted molar refractivity (Wildman–Crippen MR) is 101 cm³/mol. The summed E-state index contributed by atoms with van der Waals surface area (Å²) in [5.41, 5.74) is 1.44. The second-order valence-corrected chi connectivity index (χ2v) is 7.46. The van der Waals surface area contributed by atoms with Gasteiger partial charge in [0.1, 0.15) is 16.4 Å². The van der Waals surface area contributed by atoms with Crippen LogP contribution in [-0.2, 0) is 4.79 Å².